The number of likely N-dealkylation sites (tertiary alicyclic amines) is 1. The summed E-state index contributed by atoms with van der Waals surface area (Å²) < 4.78 is 5.91. The fraction of sp³-hybridized carbons (Fsp3) is 0.526. The van der Waals surface area contributed by atoms with E-state index in [2.05, 4.69) is 34.1 Å². The molecular formula is C19H24N2O3. The zero-order valence-electron chi connectivity index (χ0n) is 13.8. The fourth-order valence-electron chi connectivity index (χ4n) is 3.98. The number of aliphatic hydroxyl groups is 2. The largest absolute Gasteiger partial charge is 0.390 e. The number of hydrogen-bond acceptors (Lipinski definition) is 5. The van der Waals surface area contributed by atoms with Crippen molar-refractivity contribution < 1.29 is 14.9 Å². The summed E-state index contributed by atoms with van der Waals surface area (Å²) in [4.78, 5) is 6.64. The topological polar surface area (TPSA) is 65.8 Å². The Labute approximate surface area is 141 Å². The van der Waals surface area contributed by atoms with Crippen molar-refractivity contribution in [1.82, 2.24) is 9.88 Å². The van der Waals surface area contributed by atoms with Gasteiger partial charge >= 0.3 is 0 Å². The molecule has 0 amide bonds. The average molecular weight is 328 g/mol. The molecule has 1 spiro atoms. The minimum absolute atomic E-state index is 0.248. The smallest absolute Gasteiger partial charge is 0.103 e. The maximum absolute atomic E-state index is 9.97. The van der Waals surface area contributed by atoms with Gasteiger partial charge in [0.05, 0.1) is 18.3 Å². The molecule has 2 aliphatic heterocycles. The van der Waals surface area contributed by atoms with Crippen molar-refractivity contribution in [2.24, 2.45) is 0 Å². The van der Waals surface area contributed by atoms with Gasteiger partial charge < -0.3 is 14.9 Å². The van der Waals surface area contributed by atoms with Gasteiger partial charge in [-0.05, 0) is 29.9 Å². The lowest BCUT2D eigenvalue weighted by atomic mass is 9.82. The van der Waals surface area contributed by atoms with Gasteiger partial charge in [0.15, 0.2) is 0 Å². The van der Waals surface area contributed by atoms with E-state index in [0.717, 1.165) is 32.5 Å². The molecule has 2 aliphatic rings. The Kier molecular flexibility index (Phi) is 4.26. The predicted molar refractivity (Wildman–Crippen MR) is 91.6 cm³/mol. The third-order valence-electron chi connectivity index (χ3n) is 5.52. The molecule has 1 aromatic carbocycles. The van der Waals surface area contributed by atoms with Crippen molar-refractivity contribution in [3.8, 4) is 0 Å². The minimum atomic E-state index is -0.738. The molecule has 24 heavy (non-hydrogen) atoms. The summed E-state index contributed by atoms with van der Waals surface area (Å²) in [6.07, 6.45) is 4.72. The van der Waals surface area contributed by atoms with Crippen LogP contribution in [0.25, 0.3) is 10.8 Å². The van der Waals surface area contributed by atoms with Crippen LogP contribution in [0.2, 0.25) is 0 Å². The van der Waals surface area contributed by atoms with E-state index in [0.29, 0.717) is 6.42 Å². The Balaban J connectivity index is 1.43. The van der Waals surface area contributed by atoms with E-state index >= 15 is 0 Å². The summed E-state index contributed by atoms with van der Waals surface area (Å²) in [6, 6.07) is 8.45. The van der Waals surface area contributed by atoms with Gasteiger partial charge in [0.2, 0.25) is 0 Å². The SMILES string of the molecule is O[C@@H]1CC2(CCN(Cc3cccc4cnccc34)CC2)OC[C@@H]1O. The summed E-state index contributed by atoms with van der Waals surface area (Å²) >= 11 is 0. The van der Waals surface area contributed by atoms with Crippen LogP contribution in [-0.4, -0.2) is 57.6 Å². The van der Waals surface area contributed by atoms with E-state index in [1.165, 1.54) is 16.3 Å². The van der Waals surface area contributed by atoms with Gasteiger partial charge in [0.1, 0.15) is 6.10 Å². The molecule has 0 aliphatic carbocycles. The van der Waals surface area contributed by atoms with Crippen LogP contribution in [0.5, 0.6) is 0 Å². The Morgan fingerprint density at radius 2 is 2.00 bits per heavy atom. The predicted octanol–water partition coefficient (Wildman–Crippen LogP) is 1.71. The van der Waals surface area contributed by atoms with Gasteiger partial charge in [-0.2, -0.15) is 0 Å². The quantitative estimate of drug-likeness (QED) is 0.879. The van der Waals surface area contributed by atoms with Crippen molar-refractivity contribution in [3.63, 3.8) is 0 Å². The number of fused-ring (bicyclic) bond motifs is 1. The second-order valence-corrected chi connectivity index (χ2v) is 7.12. The van der Waals surface area contributed by atoms with Crippen LogP contribution >= 0.6 is 0 Å². The van der Waals surface area contributed by atoms with Crippen molar-refractivity contribution in [2.75, 3.05) is 19.7 Å². The first-order chi connectivity index (χ1) is 11.7. The normalized spacial score (nSPS) is 27.6. The fourth-order valence-corrected chi connectivity index (χ4v) is 3.98. The number of aromatic nitrogens is 1. The molecule has 0 saturated carbocycles. The lowest BCUT2D eigenvalue weighted by molar-refractivity contribution is -0.188. The summed E-state index contributed by atoms with van der Waals surface area (Å²) in [7, 11) is 0. The summed E-state index contributed by atoms with van der Waals surface area (Å²) in [5, 5.41) is 22.1. The van der Waals surface area contributed by atoms with Crippen molar-refractivity contribution in [2.45, 2.75) is 43.6 Å². The van der Waals surface area contributed by atoms with Crippen LogP contribution in [-0.2, 0) is 11.3 Å². The summed E-state index contributed by atoms with van der Waals surface area (Å²) in [5.41, 5.74) is 1.07. The van der Waals surface area contributed by atoms with Crippen LogP contribution in [0.15, 0.2) is 36.7 Å². The number of benzene rings is 1. The molecule has 0 radical (unpaired) electrons. The lowest BCUT2D eigenvalue weighted by Gasteiger charge is -2.46. The summed E-state index contributed by atoms with van der Waals surface area (Å²) in [5.74, 6) is 0. The van der Waals surface area contributed by atoms with Gasteiger partial charge in [-0.25, -0.2) is 0 Å². The molecule has 1 aromatic heterocycles. The highest BCUT2D eigenvalue weighted by Crippen LogP contribution is 2.35. The average Bonchev–Trinajstić information content (AvgIpc) is 2.61. The first-order valence-corrected chi connectivity index (χ1v) is 8.69. The van der Waals surface area contributed by atoms with E-state index in [1.807, 2.05) is 12.4 Å². The van der Waals surface area contributed by atoms with E-state index in [9.17, 15) is 10.2 Å². The second-order valence-electron chi connectivity index (χ2n) is 7.12. The van der Waals surface area contributed by atoms with Crippen LogP contribution in [0.4, 0.5) is 0 Å². The van der Waals surface area contributed by atoms with Crippen molar-refractivity contribution in [3.05, 3.63) is 42.2 Å². The molecule has 3 heterocycles. The molecule has 128 valence electrons. The standard InChI is InChI=1S/C19H24N2O3/c22-17-10-19(24-13-18(17)23)5-8-21(9-6-19)12-15-3-1-2-14-11-20-7-4-16(14)15/h1-4,7,11,17-18,22-23H,5-6,8-10,12-13H2/t17-,18+/m1/s1. The van der Waals surface area contributed by atoms with Crippen molar-refractivity contribution in [1.29, 1.82) is 0 Å². The zero-order chi connectivity index (χ0) is 16.6. The maximum atomic E-state index is 9.97. The van der Waals surface area contributed by atoms with Crippen LogP contribution in [0.1, 0.15) is 24.8 Å². The first kappa shape index (κ1) is 16.0. The number of aliphatic hydroxyl groups excluding tert-OH is 2. The zero-order valence-corrected chi connectivity index (χ0v) is 13.8. The molecule has 2 atom stereocenters. The number of pyridine rings is 1. The van der Waals surface area contributed by atoms with Gasteiger partial charge in [-0.3, -0.25) is 9.88 Å². The molecule has 2 saturated heterocycles. The molecule has 4 rings (SSSR count). The van der Waals surface area contributed by atoms with Crippen LogP contribution in [0, 0.1) is 0 Å². The highest BCUT2D eigenvalue weighted by atomic mass is 16.5. The number of rotatable bonds is 2. The highest BCUT2D eigenvalue weighted by molar-refractivity contribution is 5.84. The molecule has 2 N–H and O–H groups in total. The van der Waals surface area contributed by atoms with Crippen LogP contribution < -0.4 is 0 Å². The Morgan fingerprint density at radius 1 is 1.17 bits per heavy atom. The number of ether oxygens (including phenoxy) is 1. The van der Waals surface area contributed by atoms with E-state index in [-0.39, 0.29) is 12.2 Å². The van der Waals surface area contributed by atoms with Crippen molar-refractivity contribution >= 4 is 10.8 Å². The summed E-state index contributed by atoms with van der Waals surface area (Å²) in [6.45, 7) is 3.06. The Morgan fingerprint density at radius 3 is 2.79 bits per heavy atom. The third-order valence-corrected chi connectivity index (χ3v) is 5.52. The monoisotopic (exact) mass is 328 g/mol. The van der Waals surface area contributed by atoms with Gasteiger partial charge in [0, 0.05) is 43.8 Å². The first-order valence-electron chi connectivity index (χ1n) is 8.69. The molecule has 2 fully saturated rings. The number of hydrogen-bond donors (Lipinski definition) is 2. The van der Waals surface area contributed by atoms with E-state index < -0.39 is 12.2 Å². The van der Waals surface area contributed by atoms with Gasteiger partial charge in [-0.1, -0.05) is 18.2 Å². The molecule has 0 unspecified atom stereocenters. The molecule has 0 bridgehead atoms. The Hall–Kier alpha value is -1.53. The number of piperidine rings is 1. The minimum Gasteiger partial charge on any atom is -0.390 e. The molecule has 5 nitrogen and oxygen atoms in total. The lowest BCUT2D eigenvalue weighted by Crippen LogP contribution is -2.54. The third kappa shape index (κ3) is 3.05. The van der Waals surface area contributed by atoms with Gasteiger partial charge in [-0.15, -0.1) is 0 Å². The highest BCUT2D eigenvalue weighted by Gasteiger charge is 2.42. The number of nitrogens with zero attached hydrogens (tertiary/aromatic N) is 2. The molecular weight excluding hydrogens is 304 g/mol. The van der Waals surface area contributed by atoms with Crippen LogP contribution in [0.3, 0.4) is 0 Å². The molecule has 5 heteroatoms. The second kappa shape index (κ2) is 6.41. The molecule has 2 aromatic rings. The Bertz CT molecular complexity index is 707. The maximum Gasteiger partial charge on any atom is 0.103 e. The van der Waals surface area contributed by atoms with E-state index in [1.54, 1.807) is 0 Å². The van der Waals surface area contributed by atoms with Gasteiger partial charge in [0.25, 0.3) is 0 Å². The van der Waals surface area contributed by atoms with E-state index in [4.69, 9.17) is 4.74 Å².